The Morgan fingerprint density at radius 3 is 2.31 bits per heavy atom. The Morgan fingerprint density at radius 1 is 1.19 bits per heavy atom. The largest absolute Gasteiger partial charge is 0.453 e. The molecular weight excluding hydrogens is 315 g/mol. The van der Waals surface area contributed by atoms with Crippen LogP contribution in [0.3, 0.4) is 0 Å². The fourth-order valence-electron chi connectivity index (χ4n) is 1.27. The van der Waals surface area contributed by atoms with Gasteiger partial charge in [-0.3, -0.25) is 4.79 Å². The minimum atomic E-state index is 0.269. The first-order valence-electron chi connectivity index (χ1n) is 4.31. The smallest absolute Gasteiger partial charge is 0.185 e. The molecule has 82 valence electrons. The molecule has 1 aromatic carbocycles. The molecule has 0 aliphatic heterocycles. The average molecular weight is 320 g/mol. The molecule has 2 aromatic rings. The van der Waals surface area contributed by atoms with Gasteiger partial charge < -0.3 is 4.42 Å². The molecule has 0 N–H and O–H groups in total. The lowest BCUT2D eigenvalue weighted by Crippen LogP contribution is -1.78. The molecule has 2 rings (SSSR count). The molecule has 0 radical (unpaired) electrons. The monoisotopic (exact) mass is 318 g/mol. The second-order valence-corrected chi connectivity index (χ2v) is 4.68. The number of aldehydes is 1. The van der Waals surface area contributed by atoms with Crippen LogP contribution in [-0.4, -0.2) is 6.29 Å². The number of carbonyl (C=O) groups excluding carboxylic acids is 1. The average Bonchev–Trinajstić information content (AvgIpc) is 2.73. The zero-order valence-corrected chi connectivity index (χ0v) is 10.9. The van der Waals surface area contributed by atoms with Gasteiger partial charge in [-0.1, -0.05) is 23.2 Å². The third kappa shape index (κ3) is 2.17. The van der Waals surface area contributed by atoms with E-state index in [0.29, 0.717) is 26.6 Å². The van der Waals surface area contributed by atoms with Crippen LogP contribution in [0.5, 0.6) is 0 Å². The van der Waals surface area contributed by atoms with Crippen molar-refractivity contribution in [1.29, 1.82) is 0 Å². The Hall–Kier alpha value is -0.770. The van der Waals surface area contributed by atoms with E-state index < -0.39 is 0 Å². The van der Waals surface area contributed by atoms with Crippen molar-refractivity contribution in [2.24, 2.45) is 0 Å². The Morgan fingerprint density at radius 2 is 1.81 bits per heavy atom. The molecular formula is C11H5BrCl2O2. The molecule has 0 atom stereocenters. The van der Waals surface area contributed by atoms with E-state index in [0.717, 1.165) is 5.56 Å². The van der Waals surface area contributed by atoms with Gasteiger partial charge in [0.1, 0.15) is 5.76 Å². The summed E-state index contributed by atoms with van der Waals surface area (Å²) in [5, 5.41) is 0.984. The predicted octanol–water partition coefficient (Wildman–Crippen LogP) is 4.83. The van der Waals surface area contributed by atoms with Crippen molar-refractivity contribution in [2.75, 3.05) is 0 Å². The molecule has 0 fully saturated rings. The topological polar surface area (TPSA) is 30.2 Å². The maximum Gasteiger partial charge on any atom is 0.185 e. The molecule has 0 saturated carbocycles. The molecule has 0 spiro atoms. The highest BCUT2D eigenvalue weighted by Gasteiger charge is 2.09. The Labute approximate surface area is 110 Å². The Balaban J connectivity index is 2.52. The van der Waals surface area contributed by atoms with Crippen LogP contribution < -0.4 is 0 Å². The van der Waals surface area contributed by atoms with Crippen LogP contribution in [0.4, 0.5) is 0 Å². The van der Waals surface area contributed by atoms with Crippen LogP contribution in [0.15, 0.2) is 33.2 Å². The van der Waals surface area contributed by atoms with Crippen molar-refractivity contribution in [2.45, 2.75) is 0 Å². The second-order valence-electron chi connectivity index (χ2n) is 3.07. The first-order valence-corrected chi connectivity index (χ1v) is 5.86. The van der Waals surface area contributed by atoms with E-state index in [9.17, 15) is 4.79 Å². The molecule has 2 nitrogen and oxygen atoms in total. The number of carbonyl (C=O) groups is 1. The SMILES string of the molecule is O=Cc1ccc(-c2cc(Cl)c(Br)c(Cl)c2)o1. The summed E-state index contributed by atoms with van der Waals surface area (Å²) in [4.78, 5) is 10.5. The third-order valence-electron chi connectivity index (χ3n) is 2.01. The highest BCUT2D eigenvalue weighted by Crippen LogP contribution is 2.35. The third-order valence-corrected chi connectivity index (χ3v) is 3.92. The van der Waals surface area contributed by atoms with Gasteiger partial charge in [0, 0.05) is 5.56 Å². The summed E-state index contributed by atoms with van der Waals surface area (Å²) in [6.45, 7) is 0. The zero-order valence-electron chi connectivity index (χ0n) is 7.84. The lowest BCUT2D eigenvalue weighted by molar-refractivity contribution is 0.110. The molecule has 0 bridgehead atoms. The Bertz CT molecular complexity index is 526. The lowest BCUT2D eigenvalue weighted by Gasteiger charge is -2.02. The van der Waals surface area contributed by atoms with Gasteiger partial charge in [-0.05, 0) is 40.2 Å². The standard InChI is InChI=1S/C11H5BrCl2O2/c12-11-8(13)3-6(4-9(11)14)10-2-1-7(5-15)16-10/h1-5H. The number of rotatable bonds is 2. The van der Waals surface area contributed by atoms with E-state index in [1.807, 2.05) is 0 Å². The van der Waals surface area contributed by atoms with E-state index in [-0.39, 0.29) is 5.76 Å². The second kappa shape index (κ2) is 4.62. The lowest BCUT2D eigenvalue weighted by atomic mass is 10.2. The maximum absolute atomic E-state index is 10.5. The van der Waals surface area contributed by atoms with E-state index in [2.05, 4.69) is 15.9 Å². The van der Waals surface area contributed by atoms with Gasteiger partial charge in [-0.15, -0.1) is 0 Å². The number of hydrogen-bond acceptors (Lipinski definition) is 2. The summed E-state index contributed by atoms with van der Waals surface area (Å²) in [5.41, 5.74) is 0.728. The summed E-state index contributed by atoms with van der Waals surface area (Å²) in [6, 6.07) is 6.71. The molecule has 0 amide bonds. The van der Waals surface area contributed by atoms with Gasteiger partial charge in [0.15, 0.2) is 12.0 Å². The van der Waals surface area contributed by atoms with Crippen LogP contribution in [0, 0.1) is 0 Å². The van der Waals surface area contributed by atoms with Crippen molar-refractivity contribution in [3.05, 3.63) is 44.5 Å². The van der Waals surface area contributed by atoms with Gasteiger partial charge in [-0.25, -0.2) is 0 Å². The van der Waals surface area contributed by atoms with Gasteiger partial charge in [0.25, 0.3) is 0 Å². The molecule has 1 heterocycles. The van der Waals surface area contributed by atoms with E-state index in [4.69, 9.17) is 27.6 Å². The molecule has 0 unspecified atom stereocenters. The summed E-state index contributed by atoms with van der Waals surface area (Å²) >= 11 is 15.2. The number of benzene rings is 1. The molecule has 0 aliphatic carbocycles. The normalized spacial score (nSPS) is 10.4. The quantitative estimate of drug-likeness (QED) is 0.586. The fraction of sp³-hybridized carbons (Fsp3) is 0. The van der Waals surface area contributed by atoms with Crippen LogP contribution >= 0.6 is 39.1 Å². The Kier molecular flexibility index (Phi) is 3.38. The van der Waals surface area contributed by atoms with Crippen LogP contribution in [-0.2, 0) is 0 Å². The molecule has 0 aliphatic rings. The van der Waals surface area contributed by atoms with Crippen molar-refractivity contribution < 1.29 is 9.21 Å². The number of hydrogen-bond donors (Lipinski definition) is 0. The summed E-state index contributed by atoms with van der Waals surface area (Å²) in [5.74, 6) is 0.823. The molecule has 5 heteroatoms. The van der Waals surface area contributed by atoms with Gasteiger partial charge >= 0.3 is 0 Å². The summed E-state index contributed by atoms with van der Waals surface area (Å²) in [7, 11) is 0. The minimum Gasteiger partial charge on any atom is -0.453 e. The van der Waals surface area contributed by atoms with Gasteiger partial charge in [0.2, 0.25) is 0 Å². The fourth-order valence-corrected chi connectivity index (χ4v) is 1.99. The van der Waals surface area contributed by atoms with Gasteiger partial charge in [0.05, 0.1) is 14.5 Å². The summed E-state index contributed by atoms with van der Waals surface area (Å²) in [6.07, 6.45) is 0.644. The van der Waals surface area contributed by atoms with Crippen LogP contribution in [0.25, 0.3) is 11.3 Å². The van der Waals surface area contributed by atoms with E-state index in [1.54, 1.807) is 24.3 Å². The number of furan rings is 1. The minimum absolute atomic E-state index is 0.269. The highest BCUT2D eigenvalue weighted by atomic mass is 79.9. The summed E-state index contributed by atoms with van der Waals surface area (Å²) < 4.78 is 5.91. The zero-order chi connectivity index (χ0) is 11.7. The van der Waals surface area contributed by atoms with Crippen molar-refractivity contribution in [3.63, 3.8) is 0 Å². The predicted molar refractivity (Wildman–Crippen MR) is 67.3 cm³/mol. The maximum atomic E-state index is 10.5. The first kappa shape index (κ1) is 11.7. The molecule has 16 heavy (non-hydrogen) atoms. The van der Waals surface area contributed by atoms with Crippen LogP contribution in [0.2, 0.25) is 10.0 Å². The highest BCUT2D eigenvalue weighted by molar-refractivity contribution is 9.10. The molecule has 1 aromatic heterocycles. The van der Waals surface area contributed by atoms with E-state index in [1.165, 1.54) is 0 Å². The van der Waals surface area contributed by atoms with Crippen molar-refractivity contribution in [3.8, 4) is 11.3 Å². The van der Waals surface area contributed by atoms with Crippen molar-refractivity contribution >= 4 is 45.4 Å². The van der Waals surface area contributed by atoms with Crippen LogP contribution in [0.1, 0.15) is 10.6 Å². The van der Waals surface area contributed by atoms with Gasteiger partial charge in [-0.2, -0.15) is 0 Å². The van der Waals surface area contributed by atoms with Crippen molar-refractivity contribution in [1.82, 2.24) is 0 Å². The van der Waals surface area contributed by atoms with E-state index >= 15 is 0 Å². The number of halogens is 3. The first-order chi connectivity index (χ1) is 7.61. The molecule has 0 saturated heterocycles.